The van der Waals surface area contributed by atoms with Gasteiger partial charge in [-0.2, -0.15) is 0 Å². The van der Waals surface area contributed by atoms with Crippen LogP contribution in [0, 0.1) is 5.92 Å². The molecule has 0 aromatic carbocycles. The van der Waals surface area contributed by atoms with E-state index in [2.05, 4.69) is 34.6 Å². The van der Waals surface area contributed by atoms with E-state index in [1.165, 1.54) is 283 Å². The monoisotopic (exact) mass is 1520 g/mol. The summed E-state index contributed by atoms with van der Waals surface area (Å²) in [5.74, 6) is -1.28. The van der Waals surface area contributed by atoms with Crippen molar-refractivity contribution in [2.75, 3.05) is 39.6 Å². The number of hydrogen-bond acceptors (Lipinski definition) is 15. The van der Waals surface area contributed by atoms with Crippen LogP contribution in [0.25, 0.3) is 0 Å². The van der Waals surface area contributed by atoms with Crippen molar-refractivity contribution in [3.8, 4) is 0 Å². The van der Waals surface area contributed by atoms with Crippen LogP contribution in [-0.2, 0) is 65.4 Å². The molecule has 3 N–H and O–H groups in total. The molecule has 0 fully saturated rings. The summed E-state index contributed by atoms with van der Waals surface area (Å²) in [5, 5.41) is 10.7. The third kappa shape index (κ3) is 78.2. The summed E-state index contributed by atoms with van der Waals surface area (Å²) in [5.41, 5.74) is 0. The Morgan fingerprint density at radius 2 is 0.442 bits per heavy atom. The largest absolute Gasteiger partial charge is 0.472 e. The molecule has 0 aromatic heterocycles. The summed E-state index contributed by atoms with van der Waals surface area (Å²) in [6, 6.07) is 0. The van der Waals surface area contributed by atoms with Crippen LogP contribution in [0.1, 0.15) is 458 Å². The van der Waals surface area contributed by atoms with Crippen molar-refractivity contribution in [1.29, 1.82) is 0 Å². The highest BCUT2D eigenvalue weighted by Gasteiger charge is 2.30. The Labute approximate surface area is 638 Å². The number of esters is 4. The zero-order chi connectivity index (χ0) is 76.2. The maximum atomic E-state index is 13.1. The highest BCUT2D eigenvalue weighted by Crippen LogP contribution is 2.45. The summed E-state index contributed by atoms with van der Waals surface area (Å²) >= 11 is 0. The predicted molar refractivity (Wildman–Crippen MR) is 428 cm³/mol. The van der Waals surface area contributed by atoms with Crippen LogP contribution >= 0.6 is 15.6 Å². The van der Waals surface area contributed by atoms with Gasteiger partial charge in [0.2, 0.25) is 0 Å². The Hall–Kier alpha value is -1.94. The minimum Gasteiger partial charge on any atom is -0.462 e. The van der Waals surface area contributed by atoms with Crippen LogP contribution in [0.3, 0.4) is 0 Å². The lowest BCUT2D eigenvalue weighted by Crippen LogP contribution is -2.30. The van der Waals surface area contributed by atoms with Crippen LogP contribution in [-0.4, -0.2) is 96.7 Å². The lowest BCUT2D eigenvalue weighted by atomic mass is 10.0. The SMILES string of the molecule is CCCCCCCCCCCCCCCCCCCCCCC(=O)OC[C@H](COP(=O)(O)OC[C@@H](O)COP(=O)(O)OC[C@@H](COC(=O)CCCCCCCCCCC)OC(=O)CCCCCCCCCCCCCCCC)OC(=O)CCCCCCCCCCCCCCCCCCCCC(C)C. The van der Waals surface area contributed by atoms with Crippen molar-refractivity contribution in [1.82, 2.24) is 0 Å². The molecule has 0 spiro atoms. The second-order valence-electron chi connectivity index (χ2n) is 31.1. The lowest BCUT2D eigenvalue weighted by molar-refractivity contribution is -0.161. The van der Waals surface area contributed by atoms with Gasteiger partial charge >= 0.3 is 39.5 Å². The van der Waals surface area contributed by atoms with Crippen molar-refractivity contribution in [3.05, 3.63) is 0 Å². The molecule has 0 saturated heterocycles. The van der Waals surface area contributed by atoms with Gasteiger partial charge in [0.25, 0.3) is 0 Å². The molecule has 17 nitrogen and oxygen atoms in total. The van der Waals surface area contributed by atoms with Crippen LogP contribution in [0.15, 0.2) is 0 Å². The average molecular weight is 1520 g/mol. The van der Waals surface area contributed by atoms with Crippen LogP contribution < -0.4 is 0 Å². The first-order valence-electron chi connectivity index (χ1n) is 44.1. The molecule has 0 aromatic rings. The average Bonchev–Trinajstić information content (AvgIpc) is 0.910. The number of phosphoric ester groups is 2. The van der Waals surface area contributed by atoms with Crippen molar-refractivity contribution in [3.63, 3.8) is 0 Å². The summed E-state index contributed by atoms with van der Waals surface area (Å²) in [4.78, 5) is 73.1. The number of ether oxygens (including phenoxy) is 4. The van der Waals surface area contributed by atoms with E-state index in [1.54, 1.807) is 0 Å². The normalized spacial score (nSPS) is 13.8. The summed E-state index contributed by atoms with van der Waals surface area (Å²) in [6.07, 6.45) is 70.9. The molecular formula is C85H166O17P2. The molecular weight excluding hydrogens is 1350 g/mol. The highest BCUT2D eigenvalue weighted by atomic mass is 31.2. The Morgan fingerprint density at radius 1 is 0.260 bits per heavy atom. The molecule has 19 heteroatoms. The van der Waals surface area contributed by atoms with E-state index in [4.69, 9.17) is 37.0 Å². The fraction of sp³-hybridized carbons (Fsp3) is 0.953. The fourth-order valence-corrected chi connectivity index (χ4v) is 14.9. The van der Waals surface area contributed by atoms with Gasteiger partial charge in [-0.15, -0.1) is 0 Å². The molecule has 0 radical (unpaired) electrons. The van der Waals surface area contributed by atoms with E-state index in [0.29, 0.717) is 25.7 Å². The second-order valence-corrected chi connectivity index (χ2v) is 34.0. The Balaban J connectivity index is 5.19. The van der Waals surface area contributed by atoms with Crippen LogP contribution in [0.5, 0.6) is 0 Å². The number of rotatable bonds is 85. The van der Waals surface area contributed by atoms with Gasteiger partial charge in [-0.25, -0.2) is 9.13 Å². The van der Waals surface area contributed by atoms with E-state index in [-0.39, 0.29) is 25.7 Å². The molecule has 618 valence electrons. The van der Waals surface area contributed by atoms with E-state index in [9.17, 15) is 43.2 Å². The zero-order valence-electron chi connectivity index (χ0n) is 68.2. The first kappa shape index (κ1) is 102. The van der Waals surface area contributed by atoms with Gasteiger partial charge in [-0.1, -0.05) is 407 Å². The Morgan fingerprint density at radius 3 is 0.654 bits per heavy atom. The number of carbonyl (C=O) groups excluding carboxylic acids is 4. The smallest absolute Gasteiger partial charge is 0.462 e. The molecule has 0 aliphatic carbocycles. The number of carbonyl (C=O) groups is 4. The number of hydrogen-bond donors (Lipinski definition) is 3. The zero-order valence-corrected chi connectivity index (χ0v) is 70.0. The van der Waals surface area contributed by atoms with Gasteiger partial charge in [0.1, 0.15) is 19.3 Å². The molecule has 0 bridgehead atoms. The first-order valence-corrected chi connectivity index (χ1v) is 47.1. The van der Waals surface area contributed by atoms with Crippen molar-refractivity contribution >= 4 is 39.5 Å². The number of unbranched alkanes of at least 4 members (excludes halogenated alkanes) is 57. The van der Waals surface area contributed by atoms with Gasteiger partial charge in [-0.05, 0) is 31.6 Å². The maximum absolute atomic E-state index is 13.1. The number of aliphatic hydroxyl groups is 1. The van der Waals surface area contributed by atoms with E-state index >= 15 is 0 Å². The standard InChI is InChI=1S/C85H166O17P2/c1-6-9-12-15-18-21-23-25-27-28-29-30-34-37-41-44-49-54-59-64-69-83(88)96-75-81(102-85(90)71-66-61-56-51-46-42-38-35-32-31-33-36-39-43-48-52-57-62-67-78(4)5)77-100-104(93,94)98-73-79(86)72-97-103(91,92)99-76-80(74-95-82(87)68-63-58-53-47-20-17-14-11-8-3)101-84(89)70-65-60-55-50-45-40-26-24-22-19-16-13-10-7-2/h78-81,86H,6-77H2,1-5H3,(H,91,92)(H,93,94)/t79-,80+,81+/m0/s1. The summed E-state index contributed by atoms with van der Waals surface area (Å²) in [7, 11) is -9.92. The highest BCUT2D eigenvalue weighted by molar-refractivity contribution is 7.47. The van der Waals surface area contributed by atoms with E-state index in [0.717, 1.165) is 95.8 Å². The second kappa shape index (κ2) is 77.8. The molecule has 0 amide bonds. The molecule has 2 unspecified atom stereocenters. The topological polar surface area (TPSA) is 237 Å². The molecule has 5 atom stereocenters. The number of phosphoric acid groups is 2. The molecule has 0 saturated carbocycles. The van der Waals surface area contributed by atoms with Crippen molar-refractivity contribution < 1.29 is 80.2 Å². The number of aliphatic hydroxyl groups excluding tert-OH is 1. The third-order valence-electron chi connectivity index (χ3n) is 20.0. The van der Waals surface area contributed by atoms with Gasteiger partial charge in [-0.3, -0.25) is 37.3 Å². The van der Waals surface area contributed by atoms with Gasteiger partial charge in [0, 0.05) is 25.7 Å². The van der Waals surface area contributed by atoms with Crippen LogP contribution in [0.2, 0.25) is 0 Å². The first-order chi connectivity index (χ1) is 50.5. The van der Waals surface area contributed by atoms with Crippen molar-refractivity contribution in [2.24, 2.45) is 5.92 Å². The summed E-state index contributed by atoms with van der Waals surface area (Å²) in [6.45, 7) is 7.38. The maximum Gasteiger partial charge on any atom is 0.472 e. The van der Waals surface area contributed by atoms with Crippen molar-refractivity contribution in [2.45, 2.75) is 477 Å². The van der Waals surface area contributed by atoms with E-state index < -0.39 is 97.5 Å². The van der Waals surface area contributed by atoms with Gasteiger partial charge in [0.15, 0.2) is 12.2 Å². The molecule has 0 rings (SSSR count). The predicted octanol–water partition coefficient (Wildman–Crippen LogP) is 26.0. The van der Waals surface area contributed by atoms with E-state index in [1.807, 2.05) is 0 Å². The lowest BCUT2D eigenvalue weighted by Gasteiger charge is -2.21. The fourth-order valence-electron chi connectivity index (χ4n) is 13.3. The Bertz CT molecular complexity index is 1980. The molecule has 104 heavy (non-hydrogen) atoms. The van der Waals surface area contributed by atoms with Gasteiger partial charge < -0.3 is 33.8 Å². The quantitative estimate of drug-likeness (QED) is 0.0222. The minimum atomic E-state index is -4.96. The molecule has 0 aliphatic rings. The third-order valence-corrected chi connectivity index (χ3v) is 21.9. The Kier molecular flexibility index (Phi) is 76.3. The minimum absolute atomic E-state index is 0.108. The molecule has 0 aliphatic heterocycles. The molecule has 0 heterocycles. The summed E-state index contributed by atoms with van der Waals surface area (Å²) < 4.78 is 68.8. The van der Waals surface area contributed by atoms with Gasteiger partial charge in [0.05, 0.1) is 26.4 Å². The van der Waals surface area contributed by atoms with Crippen LogP contribution in [0.4, 0.5) is 0 Å².